The zero-order chi connectivity index (χ0) is 13.4. The molecule has 4 heteroatoms. The Labute approximate surface area is 132 Å². The fraction of sp³-hybridized carbons (Fsp3) is 0. The number of nitrogens with one attached hydrogen (secondary N) is 1. The fourth-order valence-electron chi connectivity index (χ4n) is 2.07. The number of ketones is 1. The van der Waals surface area contributed by atoms with E-state index in [1.54, 1.807) is 6.20 Å². The quantitative estimate of drug-likeness (QED) is 0.465. The summed E-state index contributed by atoms with van der Waals surface area (Å²) in [4.78, 5) is 15.8. The van der Waals surface area contributed by atoms with E-state index in [0.29, 0.717) is 5.56 Å². The summed E-state index contributed by atoms with van der Waals surface area (Å²) in [5.41, 5.74) is 2.42. The summed E-state index contributed by atoms with van der Waals surface area (Å²) in [7, 11) is 0. The fourth-order valence-corrected chi connectivity index (χ4v) is 3.06. The van der Waals surface area contributed by atoms with Crippen molar-refractivity contribution in [2.75, 3.05) is 0 Å². The maximum absolute atomic E-state index is 12.6. The minimum Gasteiger partial charge on any atom is -0.360 e. The van der Waals surface area contributed by atoms with Crippen LogP contribution < -0.4 is 0 Å². The number of carbonyl (C=O) groups is 1. The molecule has 1 heterocycles. The Balaban J connectivity index is 2.17. The molecule has 19 heavy (non-hydrogen) atoms. The SMILES string of the molecule is O=C(c1ccccc1I)c1c[nH]c2ccc(Br)cc12. The predicted molar refractivity (Wildman–Crippen MR) is 88.6 cm³/mol. The van der Waals surface area contributed by atoms with Crippen molar-refractivity contribution < 1.29 is 4.79 Å². The zero-order valence-corrected chi connectivity index (χ0v) is 13.5. The van der Waals surface area contributed by atoms with Crippen molar-refractivity contribution in [2.45, 2.75) is 0 Å². The number of carbonyl (C=O) groups excluding carboxylic acids is 1. The van der Waals surface area contributed by atoms with Crippen molar-refractivity contribution in [1.82, 2.24) is 4.98 Å². The lowest BCUT2D eigenvalue weighted by atomic mass is 10.0. The van der Waals surface area contributed by atoms with Gasteiger partial charge in [0.25, 0.3) is 0 Å². The molecule has 0 atom stereocenters. The molecule has 0 radical (unpaired) electrons. The second kappa shape index (κ2) is 5.09. The highest BCUT2D eigenvalue weighted by Crippen LogP contribution is 2.25. The summed E-state index contributed by atoms with van der Waals surface area (Å²) in [5, 5.41) is 0.944. The van der Waals surface area contributed by atoms with E-state index in [0.717, 1.165) is 24.5 Å². The Kier molecular flexibility index (Phi) is 3.45. The van der Waals surface area contributed by atoms with E-state index in [1.807, 2.05) is 42.5 Å². The van der Waals surface area contributed by atoms with Gasteiger partial charge in [0, 0.05) is 36.3 Å². The summed E-state index contributed by atoms with van der Waals surface area (Å²) in [5.74, 6) is 0.0503. The molecule has 0 aliphatic rings. The van der Waals surface area contributed by atoms with Crippen LogP contribution in [-0.4, -0.2) is 10.8 Å². The maximum Gasteiger partial charge on any atom is 0.196 e. The van der Waals surface area contributed by atoms with E-state index in [-0.39, 0.29) is 5.78 Å². The van der Waals surface area contributed by atoms with E-state index < -0.39 is 0 Å². The molecule has 0 amide bonds. The molecule has 2 nitrogen and oxygen atoms in total. The molecule has 1 N–H and O–H groups in total. The number of halogens is 2. The van der Waals surface area contributed by atoms with Gasteiger partial charge in [-0.3, -0.25) is 4.79 Å². The standard InChI is InChI=1S/C15H9BrINO/c16-9-5-6-14-11(7-9)12(8-18-14)15(19)10-3-1-2-4-13(10)17/h1-8,18H. The van der Waals surface area contributed by atoms with Crippen molar-refractivity contribution in [3.8, 4) is 0 Å². The number of benzene rings is 2. The van der Waals surface area contributed by atoms with Gasteiger partial charge in [0.15, 0.2) is 5.78 Å². The highest BCUT2D eigenvalue weighted by molar-refractivity contribution is 14.1. The lowest BCUT2D eigenvalue weighted by Crippen LogP contribution is -2.02. The van der Waals surface area contributed by atoms with Gasteiger partial charge in [0.1, 0.15) is 0 Å². The third-order valence-electron chi connectivity index (χ3n) is 3.01. The van der Waals surface area contributed by atoms with Crippen LogP contribution in [0.2, 0.25) is 0 Å². The van der Waals surface area contributed by atoms with Crippen LogP contribution in [0.25, 0.3) is 10.9 Å². The van der Waals surface area contributed by atoms with Crippen LogP contribution in [-0.2, 0) is 0 Å². The zero-order valence-electron chi connectivity index (χ0n) is 9.78. The second-order valence-electron chi connectivity index (χ2n) is 4.20. The van der Waals surface area contributed by atoms with Gasteiger partial charge in [-0.05, 0) is 52.9 Å². The number of hydrogen-bond acceptors (Lipinski definition) is 1. The molecule has 94 valence electrons. The molecule has 3 rings (SSSR count). The van der Waals surface area contributed by atoms with E-state index in [4.69, 9.17) is 0 Å². The highest BCUT2D eigenvalue weighted by atomic mass is 127. The molecule has 0 spiro atoms. The first-order valence-electron chi connectivity index (χ1n) is 5.72. The average molecular weight is 426 g/mol. The van der Waals surface area contributed by atoms with Crippen LogP contribution in [0.5, 0.6) is 0 Å². The van der Waals surface area contributed by atoms with Crippen LogP contribution in [0.3, 0.4) is 0 Å². The number of aromatic nitrogens is 1. The molecule has 0 aliphatic carbocycles. The predicted octanol–water partition coefficient (Wildman–Crippen LogP) is 4.77. The highest BCUT2D eigenvalue weighted by Gasteiger charge is 2.16. The third kappa shape index (κ3) is 2.34. The van der Waals surface area contributed by atoms with Crippen LogP contribution >= 0.6 is 38.5 Å². The van der Waals surface area contributed by atoms with Crippen LogP contribution in [0.1, 0.15) is 15.9 Å². The number of H-pyrrole nitrogens is 1. The van der Waals surface area contributed by atoms with Gasteiger partial charge in [-0.25, -0.2) is 0 Å². The Morgan fingerprint density at radius 3 is 2.68 bits per heavy atom. The summed E-state index contributed by atoms with van der Waals surface area (Å²) >= 11 is 5.64. The van der Waals surface area contributed by atoms with Gasteiger partial charge >= 0.3 is 0 Å². The van der Waals surface area contributed by atoms with Gasteiger partial charge < -0.3 is 4.98 Å². The van der Waals surface area contributed by atoms with E-state index in [2.05, 4.69) is 43.5 Å². The largest absolute Gasteiger partial charge is 0.360 e. The van der Waals surface area contributed by atoms with Crippen molar-refractivity contribution in [2.24, 2.45) is 0 Å². The first-order valence-corrected chi connectivity index (χ1v) is 7.60. The molecular weight excluding hydrogens is 417 g/mol. The molecule has 0 fully saturated rings. The molecular formula is C15H9BrINO. The van der Waals surface area contributed by atoms with E-state index in [9.17, 15) is 4.79 Å². The molecule has 2 aromatic carbocycles. The average Bonchev–Trinajstić information content (AvgIpc) is 2.81. The smallest absolute Gasteiger partial charge is 0.196 e. The third-order valence-corrected chi connectivity index (χ3v) is 4.44. The summed E-state index contributed by atoms with van der Waals surface area (Å²) in [6.07, 6.45) is 1.78. The second-order valence-corrected chi connectivity index (χ2v) is 6.28. The normalized spacial score (nSPS) is 10.8. The summed E-state index contributed by atoms with van der Waals surface area (Å²) in [6, 6.07) is 13.5. The first-order chi connectivity index (χ1) is 9.16. The van der Waals surface area contributed by atoms with Crippen molar-refractivity contribution in [3.63, 3.8) is 0 Å². The number of aromatic amines is 1. The van der Waals surface area contributed by atoms with Crippen molar-refractivity contribution in [1.29, 1.82) is 0 Å². The monoisotopic (exact) mass is 425 g/mol. The Morgan fingerprint density at radius 2 is 1.89 bits per heavy atom. The minimum atomic E-state index is 0.0503. The van der Waals surface area contributed by atoms with Crippen molar-refractivity contribution >= 4 is 55.2 Å². The Bertz CT molecular complexity index is 779. The van der Waals surface area contributed by atoms with Gasteiger partial charge in [0.05, 0.1) is 0 Å². The first kappa shape index (κ1) is 12.9. The molecule has 0 bridgehead atoms. The van der Waals surface area contributed by atoms with Crippen LogP contribution in [0.4, 0.5) is 0 Å². The van der Waals surface area contributed by atoms with Gasteiger partial charge in [-0.15, -0.1) is 0 Å². The molecule has 0 saturated heterocycles. The van der Waals surface area contributed by atoms with Gasteiger partial charge in [-0.2, -0.15) is 0 Å². The molecule has 1 aromatic heterocycles. The summed E-state index contributed by atoms with van der Waals surface area (Å²) in [6.45, 7) is 0. The van der Waals surface area contributed by atoms with Crippen LogP contribution in [0.15, 0.2) is 53.1 Å². The van der Waals surface area contributed by atoms with E-state index >= 15 is 0 Å². The Hall–Kier alpha value is -1.14. The molecule has 3 aromatic rings. The molecule has 0 unspecified atom stereocenters. The minimum absolute atomic E-state index is 0.0503. The lowest BCUT2D eigenvalue weighted by Gasteiger charge is -2.02. The molecule has 0 saturated carbocycles. The Morgan fingerprint density at radius 1 is 1.11 bits per heavy atom. The van der Waals surface area contributed by atoms with Crippen LogP contribution in [0, 0.1) is 3.57 Å². The van der Waals surface area contributed by atoms with Gasteiger partial charge in [-0.1, -0.05) is 28.1 Å². The van der Waals surface area contributed by atoms with Gasteiger partial charge in [0.2, 0.25) is 0 Å². The maximum atomic E-state index is 12.6. The lowest BCUT2D eigenvalue weighted by molar-refractivity contribution is 0.103. The van der Waals surface area contributed by atoms with E-state index in [1.165, 1.54) is 0 Å². The topological polar surface area (TPSA) is 32.9 Å². The number of fused-ring (bicyclic) bond motifs is 1. The van der Waals surface area contributed by atoms with Crippen molar-refractivity contribution in [3.05, 3.63) is 67.8 Å². The number of hydrogen-bond donors (Lipinski definition) is 1. The summed E-state index contributed by atoms with van der Waals surface area (Å²) < 4.78 is 1.94. The molecule has 0 aliphatic heterocycles. The number of rotatable bonds is 2.